The molecule has 0 spiro atoms. The summed E-state index contributed by atoms with van der Waals surface area (Å²) in [5.41, 5.74) is 0. The van der Waals surface area contributed by atoms with E-state index in [1.165, 1.54) is 11.9 Å². The number of carbonyl (C=O) groups excluding carboxylic acids is 1. The summed E-state index contributed by atoms with van der Waals surface area (Å²) in [6.45, 7) is 1.59. The van der Waals surface area contributed by atoms with Crippen molar-refractivity contribution in [3.8, 4) is 0 Å². The summed E-state index contributed by atoms with van der Waals surface area (Å²) in [6.07, 6.45) is -5.09. The number of hydrogen-bond acceptors (Lipinski definition) is 3. The zero-order chi connectivity index (χ0) is 11.2. The van der Waals surface area contributed by atoms with Crippen LogP contribution in [0.4, 0.5) is 13.2 Å². The topological polar surface area (TPSA) is 29.5 Å². The van der Waals surface area contributed by atoms with Gasteiger partial charge in [0.05, 0.1) is 19.6 Å². The molecule has 0 aromatic carbocycles. The summed E-state index contributed by atoms with van der Waals surface area (Å²) in [4.78, 5) is 12.1. The number of halogens is 3. The van der Waals surface area contributed by atoms with Crippen LogP contribution in [0.15, 0.2) is 0 Å². The summed E-state index contributed by atoms with van der Waals surface area (Å²) in [6, 6.07) is 0. The fraction of sp³-hybridized carbons (Fsp3) is 0.875. The molecule has 0 aliphatic heterocycles. The lowest BCUT2D eigenvalue weighted by molar-refractivity contribution is -0.148. The molecule has 0 radical (unpaired) electrons. The fourth-order valence-electron chi connectivity index (χ4n) is 0.824. The molecule has 0 fully saturated rings. The SMILES string of the molecule is CCOC(=O)CN(C)CCC(F)(F)F. The van der Waals surface area contributed by atoms with E-state index in [9.17, 15) is 18.0 Å². The van der Waals surface area contributed by atoms with Gasteiger partial charge >= 0.3 is 12.1 Å². The predicted octanol–water partition coefficient (Wildman–Crippen LogP) is 1.43. The van der Waals surface area contributed by atoms with Crippen LogP contribution in [-0.4, -0.2) is 43.8 Å². The summed E-state index contributed by atoms with van der Waals surface area (Å²) < 4.78 is 39.9. The van der Waals surface area contributed by atoms with E-state index in [0.29, 0.717) is 0 Å². The molecule has 0 amide bonds. The first-order valence-corrected chi connectivity index (χ1v) is 4.26. The van der Waals surface area contributed by atoms with Crippen molar-refractivity contribution in [3.05, 3.63) is 0 Å². The lowest BCUT2D eigenvalue weighted by Gasteiger charge is -2.16. The van der Waals surface area contributed by atoms with Gasteiger partial charge in [-0.2, -0.15) is 13.2 Å². The third-order valence-electron chi connectivity index (χ3n) is 1.48. The fourth-order valence-corrected chi connectivity index (χ4v) is 0.824. The Labute approximate surface area is 80.8 Å². The van der Waals surface area contributed by atoms with Crippen molar-refractivity contribution < 1.29 is 22.7 Å². The quantitative estimate of drug-likeness (QED) is 0.647. The highest BCUT2D eigenvalue weighted by atomic mass is 19.4. The van der Waals surface area contributed by atoms with Gasteiger partial charge in [-0.05, 0) is 14.0 Å². The molecule has 0 aliphatic carbocycles. The number of carbonyl (C=O) groups is 1. The number of hydrogen-bond donors (Lipinski definition) is 0. The zero-order valence-electron chi connectivity index (χ0n) is 8.23. The molecular formula is C8H14F3NO2. The first kappa shape index (κ1) is 13.2. The van der Waals surface area contributed by atoms with Gasteiger partial charge in [0, 0.05) is 6.54 Å². The number of alkyl halides is 3. The largest absolute Gasteiger partial charge is 0.465 e. The zero-order valence-corrected chi connectivity index (χ0v) is 8.23. The maximum atomic E-state index is 11.8. The van der Waals surface area contributed by atoms with Gasteiger partial charge in [-0.25, -0.2) is 0 Å². The van der Waals surface area contributed by atoms with Gasteiger partial charge in [-0.15, -0.1) is 0 Å². The van der Waals surface area contributed by atoms with Crippen molar-refractivity contribution in [1.82, 2.24) is 4.90 Å². The molecule has 0 rings (SSSR count). The number of esters is 1. The van der Waals surface area contributed by atoms with Crippen LogP contribution >= 0.6 is 0 Å². The molecule has 0 saturated carbocycles. The third kappa shape index (κ3) is 7.85. The Morgan fingerprint density at radius 3 is 2.43 bits per heavy atom. The van der Waals surface area contributed by atoms with Crippen molar-refractivity contribution in [2.24, 2.45) is 0 Å². The highest BCUT2D eigenvalue weighted by Gasteiger charge is 2.27. The maximum absolute atomic E-state index is 11.8. The molecular weight excluding hydrogens is 199 g/mol. The van der Waals surface area contributed by atoms with Gasteiger partial charge in [0.2, 0.25) is 0 Å². The smallest absolute Gasteiger partial charge is 0.390 e. The Morgan fingerprint density at radius 1 is 1.43 bits per heavy atom. The Morgan fingerprint density at radius 2 is 2.00 bits per heavy atom. The van der Waals surface area contributed by atoms with Crippen LogP contribution < -0.4 is 0 Å². The van der Waals surface area contributed by atoms with Gasteiger partial charge < -0.3 is 4.74 Å². The second kappa shape index (κ2) is 5.85. The summed E-state index contributed by atoms with van der Waals surface area (Å²) in [7, 11) is 1.45. The van der Waals surface area contributed by atoms with Crippen LogP contribution in [-0.2, 0) is 9.53 Å². The molecule has 0 aromatic heterocycles. The van der Waals surface area contributed by atoms with Gasteiger partial charge in [-0.3, -0.25) is 9.69 Å². The summed E-state index contributed by atoms with van der Waals surface area (Å²) >= 11 is 0. The number of nitrogens with zero attached hydrogens (tertiary/aromatic N) is 1. The molecule has 3 nitrogen and oxygen atoms in total. The van der Waals surface area contributed by atoms with Crippen molar-refractivity contribution >= 4 is 5.97 Å². The minimum Gasteiger partial charge on any atom is -0.465 e. The van der Waals surface area contributed by atoms with Gasteiger partial charge in [0.15, 0.2) is 0 Å². The monoisotopic (exact) mass is 213 g/mol. The van der Waals surface area contributed by atoms with E-state index >= 15 is 0 Å². The number of likely N-dealkylation sites (N-methyl/N-ethyl adjacent to an activating group) is 1. The lowest BCUT2D eigenvalue weighted by atomic mass is 10.4. The third-order valence-corrected chi connectivity index (χ3v) is 1.48. The Balaban J connectivity index is 3.65. The highest BCUT2D eigenvalue weighted by Crippen LogP contribution is 2.19. The predicted molar refractivity (Wildman–Crippen MR) is 44.8 cm³/mol. The standard InChI is InChI=1S/C8H14F3NO2/c1-3-14-7(13)6-12(2)5-4-8(9,10)11/h3-6H2,1-2H3. The van der Waals surface area contributed by atoms with Crippen LogP contribution in [0.5, 0.6) is 0 Å². The number of rotatable bonds is 5. The van der Waals surface area contributed by atoms with Gasteiger partial charge in [-0.1, -0.05) is 0 Å². The first-order valence-electron chi connectivity index (χ1n) is 4.26. The molecule has 0 unspecified atom stereocenters. The summed E-state index contributed by atoms with van der Waals surface area (Å²) in [5.74, 6) is -0.503. The van der Waals surface area contributed by atoms with E-state index in [1.807, 2.05) is 0 Å². The van der Waals surface area contributed by atoms with E-state index in [0.717, 1.165) is 0 Å². The molecule has 84 valence electrons. The molecule has 0 saturated heterocycles. The average Bonchev–Trinajstić information content (AvgIpc) is 2.00. The molecule has 6 heteroatoms. The van der Waals surface area contributed by atoms with Crippen molar-refractivity contribution in [3.63, 3.8) is 0 Å². The van der Waals surface area contributed by atoms with Crippen molar-refractivity contribution in [2.75, 3.05) is 26.7 Å². The van der Waals surface area contributed by atoms with E-state index in [1.54, 1.807) is 6.92 Å². The van der Waals surface area contributed by atoms with Crippen molar-refractivity contribution in [1.29, 1.82) is 0 Å². The van der Waals surface area contributed by atoms with Crippen LogP contribution in [0.1, 0.15) is 13.3 Å². The van der Waals surface area contributed by atoms with E-state index in [-0.39, 0.29) is 19.7 Å². The molecule has 0 heterocycles. The highest BCUT2D eigenvalue weighted by molar-refractivity contribution is 5.71. The molecule has 0 aromatic rings. The van der Waals surface area contributed by atoms with Gasteiger partial charge in [0.1, 0.15) is 0 Å². The Bertz CT molecular complexity index is 182. The van der Waals surface area contributed by atoms with E-state index < -0.39 is 18.6 Å². The normalized spacial score (nSPS) is 11.9. The molecule has 0 bridgehead atoms. The molecule has 0 N–H and O–H groups in total. The number of ether oxygens (including phenoxy) is 1. The Kier molecular flexibility index (Phi) is 5.52. The van der Waals surface area contributed by atoms with Crippen LogP contribution in [0.25, 0.3) is 0 Å². The minimum absolute atomic E-state index is 0.107. The maximum Gasteiger partial charge on any atom is 0.390 e. The summed E-state index contributed by atoms with van der Waals surface area (Å²) in [5, 5.41) is 0. The average molecular weight is 213 g/mol. The second-order valence-electron chi connectivity index (χ2n) is 2.91. The second-order valence-corrected chi connectivity index (χ2v) is 2.91. The van der Waals surface area contributed by atoms with Crippen LogP contribution in [0.2, 0.25) is 0 Å². The Hall–Kier alpha value is -0.780. The molecule has 14 heavy (non-hydrogen) atoms. The molecule has 0 atom stereocenters. The lowest BCUT2D eigenvalue weighted by Crippen LogP contribution is -2.30. The van der Waals surface area contributed by atoms with E-state index in [4.69, 9.17) is 0 Å². The van der Waals surface area contributed by atoms with Gasteiger partial charge in [0.25, 0.3) is 0 Å². The van der Waals surface area contributed by atoms with Crippen LogP contribution in [0.3, 0.4) is 0 Å². The van der Waals surface area contributed by atoms with Crippen LogP contribution in [0, 0.1) is 0 Å². The minimum atomic E-state index is -4.18. The first-order chi connectivity index (χ1) is 6.35. The van der Waals surface area contributed by atoms with E-state index in [2.05, 4.69) is 4.74 Å². The molecule has 0 aliphatic rings. The van der Waals surface area contributed by atoms with Crippen molar-refractivity contribution in [2.45, 2.75) is 19.5 Å².